The molecule has 9 heteroatoms. The van der Waals surface area contributed by atoms with E-state index in [0.717, 1.165) is 34.1 Å². The molecular formula is C31H26ClF2NO4S. The Morgan fingerprint density at radius 3 is 2.45 bits per heavy atom. The molecule has 5 nitrogen and oxygen atoms in total. The number of nitrogens with one attached hydrogen (secondary N) is 1. The van der Waals surface area contributed by atoms with Gasteiger partial charge in [-0.25, -0.2) is 9.18 Å². The molecule has 1 aromatic heterocycles. The van der Waals surface area contributed by atoms with Crippen molar-refractivity contribution in [2.45, 2.75) is 38.2 Å². The molecule has 1 N–H and O–H groups in total. The Labute approximate surface area is 239 Å². The van der Waals surface area contributed by atoms with Gasteiger partial charge in [0.25, 0.3) is 0 Å². The fraction of sp³-hybridized carbons (Fsp3) is 0.226. The van der Waals surface area contributed by atoms with Crippen molar-refractivity contribution in [3.05, 3.63) is 99.9 Å². The van der Waals surface area contributed by atoms with E-state index in [0.29, 0.717) is 23.3 Å². The predicted octanol–water partition coefficient (Wildman–Crippen LogP) is 8.92. The molecule has 3 aromatic carbocycles. The molecule has 1 atom stereocenters. The van der Waals surface area contributed by atoms with Crippen molar-refractivity contribution in [2.24, 2.45) is 0 Å². The van der Waals surface area contributed by atoms with Gasteiger partial charge >= 0.3 is 12.1 Å². The lowest BCUT2D eigenvalue weighted by Gasteiger charge is -2.19. The first-order chi connectivity index (χ1) is 19.2. The Morgan fingerprint density at radius 2 is 1.77 bits per heavy atom. The maximum absolute atomic E-state index is 14.7. The van der Waals surface area contributed by atoms with Crippen LogP contribution in [0.2, 0.25) is 5.02 Å². The molecule has 206 valence electrons. The maximum atomic E-state index is 14.7. The molecule has 0 saturated heterocycles. The molecule has 0 aliphatic heterocycles. The van der Waals surface area contributed by atoms with Gasteiger partial charge in [0.1, 0.15) is 11.9 Å². The summed E-state index contributed by atoms with van der Waals surface area (Å²) in [6.45, 7) is 3.58. The lowest BCUT2D eigenvalue weighted by molar-refractivity contribution is -0.146. The van der Waals surface area contributed by atoms with Gasteiger partial charge in [-0.1, -0.05) is 60.1 Å². The van der Waals surface area contributed by atoms with Crippen molar-refractivity contribution in [2.75, 3.05) is 11.9 Å². The average Bonchev–Trinajstić information content (AvgIpc) is 3.66. The van der Waals surface area contributed by atoms with Gasteiger partial charge in [0, 0.05) is 22.2 Å². The summed E-state index contributed by atoms with van der Waals surface area (Å²) in [5.74, 6) is -0.883. The van der Waals surface area contributed by atoms with Crippen molar-refractivity contribution >= 4 is 40.7 Å². The normalized spacial score (nSPS) is 14.3. The fourth-order valence-corrected chi connectivity index (χ4v) is 5.78. The highest BCUT2D eigenvalue weighted by molar-refractivity contribution is 7.14. The number of carbonyl (C=O) groups excluding carboxylic acids is 2. The molecule has 4 aromatic rings. The van der Waals surface area contributed by atoms with Crippen LogP contribution in [0.3, 0.4) is 0 Å². The monoisotopic (exact) mass is 581 g/mol. The van der Waals surface area contributed by atoms with Crippen LogP contribution in [-0.4, -0.2) is 18.7 Å². The summed E-state index contributed by atoms with van der Waals surface area (Å²) < 4.78 is 39.8. The molecule has 1 amide bonds. The van der Waals surface area contributed by atoms with E-state index in [4.69, 9.17) is 21.1 Å². The van der Waals surface area contributed by atoms with E-state index in [1.807, 2.05) is 48.5 Å². The predicted molar refractivity (Wildman–Crippen MR) is 153 cm³/mol. The summed E-state index contributed by atoms with van der Waals surface area (Å²) in [4.78, 5) is 26.1. The van der Waals surface area contributed by atoms with E-state index in [1.54, 1.807) is 6.92 Å². The summed E-state index contributed by atoms with van der Waals surface area (Å²) in [6, 6.07) is 20.6. The second-order valence-electron chi connectivity index (χ2n) is 9.56. The third-order valence-electron chi connectivity index (χ3n) is 6.94. The molecule has 1 heterocycles. The van der Waals surface area contributed by atoms with Crippen LogP contribution in [0.1, 0.15) is 43.9 Å². The molecule has 0 bridgehead atoms. The van der Waals surface area contributed by atoms with Gasteiger partial charge in [0.2, 0.25) is 0 Å². The molecule has 1 unspecified atom stereocenters. The van der Waals surface area contributed by atoms with E-state index < -0.39 is 28.6 Å². The van der Waals surface area contributed by atoms with Crippen LogP contribution in [0, 0.1) is 10.9 Å². The topological polar surface area (TPSA) is 64.6 Å². The van der Waals surface area contributed by atoms with Crippen molar-refractivity contribution in [3.8, 4) is 21.6 Å². The van der Waals surface area contributed by atoms with Crippen LogP contribution in [0.25, 0.3) is 21.6 Å². The number of benzene rings is 3. The Hall–Kier alpha value is -3.75. The zero-order valence-electron chi connectivity index (χ0n) is 21.8. The van der Waals surface area contributed by atoms with Crippen LogP contribution >= 0.6 is 22.9 Å². The van der Waals surface area contributed by atoms with E-state index in [1.165, 1.54) is 25.1 Å². The number of esters is 1. The average molecular weight is 582 g/mol. The zero-order chi connectivity index (χ0) is 28.4. The van der Waals surface area contributed by atoms with E-state index in [2.05, 4.69) is 5.32 Å². The van der Waals surface area contributed by atoms with E-state index >= 15 is 0 Å². The second-order valence-corrected chi connectivity index (χ2v) is 11.0. The van der Waals surface area contributed by atoms with Crippen molar-refractivity contribution in [3.63, 3.8) is 0 Å². The van der Waals surface area contributed by atoms with Crippen LogP contribution in [0.15, 0.2) is 72.8 Å². The Balaban J connectivity index is 1.50. The fourth-order valence-electron chi connectivity index (χ4n) is 4.75. The highest BCUT2D eigenvalue weighted by atomic mass is 35.5. The first-order valence-electron chi connectivity index (χ1n) is 12.8. The summed E-state index contributed by atoms with van der Waals surface area (Å²) in [7, 11) is 0. The van der Waals surface area contributed by atoms with Gasteiger partial charge in [-0.15, -0.1) is 11.3 Å². The number of hydrogen-bond acceptors (Lipinski definition) is 5. The maximum Gasteiger partial charge on any atom is 0.412 e. The molecule has 5 rings (SSSR count). The third kappa shape index (κ3) is 5.60. The van der Waals surface area contributed by atoms with Crippen LogP contribution in [0.5, 0.6) is 0 Å². The van der Waals surface area contributed by atoms with Gasteiger partial charge in [-0.3, -0.25) is 10.1 Å². The summed E-state index contributed by atoms with van der Waals surface area (Å²) in [5, 5.41) is 2.34. The summed E-state index contributed by atoms with van der Waals surface area (Å²) in [6.07, 6.45) is -0.480. The minimum atomic E-state index is -0.924. The number of carbonyl (C=O) groups is 2. The molecule has 40 heavy (non-hydrogen) atoms. The van der Waals surface area contributed by atoms with E-state index in [-0.39, 0.29) is 28.8 Å². The van der Waals surface area contributed by atoms with Gasteiger partial charge in [-0.05, 0) is 61.6 Å². The Morgan fingerprint density at radius 1 is 1.02 bits per heavy atom. The number of ether oxygens (including phenoxy) is 2. The van der Waals surface area contributed by atoms with Crippen molar-refractivity contribution < 1.29 is 27.8 Å². The lowest BCUT2D eigenvalue weighted by atomic mass is 9.89. The Bertz CT molecular complexity index is 1570. The SMILES string of the molecule is CCOC(=O)C1(c2ccc(-c3ccccc3)c(-c3sc(F)cc3NC(=O)OC(C)c3ccc(Cl)cc3F)c2)CC1. The zero-order valence-corrected chi connectivity index (χ0v) is 23.4. The smallest absolute Gasteiger partial charge is 0.412 e. The summed E-state index contributed by atoms with van der Waals surface area (Å²) >= 11 is 6.69. The minimum Gasteiger partial charge on any atom is -0.465 e. The van der Waals surface area contributed by atoms with Crippen molar-refractivity contribution in [1.82, 2.24) is 0 Å². The summed E-state index contributed by atoms with van der Waals surface area (Å²) in [5.41, 5.74) is 2.74. The van der Waals surface area contributed by atoms with Gasteiger partial charge in [0.05, 0.1) is 22.6 Å². The molecule has 1 aliphatic carbocycles. The van der Waals surface area contributed by atoms with Gasteiger partial charge in [-0.2, -0.15) is 4.39 Å². The third-order valence-corrected chi connectivity index (χ3v) is 8.13. The van der Waals surface area contributed by atoms with Gasteiger partial charge < -0.3 is 9.47 Å². The molecule has 1 fully saturated rings. The number of halogens is 3. The highest BCUT2D eigenvalue weighted by Crippen LogP contribution is 2.52. The highest BCUT2D eigenvalue weighted by Gasteiger charge is 2.53. The molecular weight excluding hydrogens is 556 g/mol. The second kappa shape index (κ2) is 11.4. The van der Waals surface area contributed by atoms with Crippen LogP contribution in [-0.2, 0) is 19.7 Å². The van der Waals surface area contributed by atoms with Crippen LogP contribution in [0.4, 0.5) is 19.3 Å². The Kier molecular flexibility index (Phi) is 7.92. The number of anilines is 1. The quantitative estimate of drug-likeness (QED) is 0.211. The first kappa shape index (κ1) is 27.8. The number of rotatable bonds is 8. The van der Waals surface area contributed by atoms with Crippen molar-refractivity contribution in [1.29, 1.82) is 0 Å². The standard InChI is InChI=1S/C31H26ClF2NO4S/c1-3-38-29(36)31(13-14-31)20-9-11-23(19-7-5-4-6-8-19)24(15-20)28-26(17-27(34)40-28)35-30(37)39-18(2)22-12-10-21(32)16-25(22)33/h4-12,15-18H,3,13-14H2,1-2H3,(H,35,37). The molecule has 1 saturated carbocycles. The molecule has 0 spiro atoms. The molecule has 1 aliphatic rings. The number of hydrogen-bond donors (Lipinski definition) is 1. The largest absolute Gasteiger partial charge is 0.465 e. The molecule has 0 radical (unpaired) electrons. The van der Waals surface area contributed by atoms with Gasteiger partial charge in [0.15, 0.2) is 5.13 Å². The number of amides is 1. The minimum absolute atomic E-state index is 0.157. The number of thiophene rings is 1. The first-order valence-corrected chi connectivity index (χ1v) is 14.0. The van der Waals surface area contributed by atoms with Crippen LogP contribution < -0.4 is 5.32 Å². The van der Waals surface area contributed by atoms with E-state index in [9.17, 15) is 18.4 Å². The lowest BCUT2D eigenvalue weighted by Crippen LogP contribution is -2.23.